The minimum absolute atomic E-state index is 0.0503. The Balaban J connectivity index is 1.73. The van der Waals surface area contributed by atoms with Crippen molar-refractivity contribution in [1.29, 1.82) is 0 Å². The first-order valence-corrected chi connectivity index (χ1v) is 13.0. The van der Waals surface area contributed by atoms with Crippen LogP contribution in [0.1, 0.15) is 42.0 Å². The fourth-order valence-electron chi connectivity index (χ4n) is 5.36. The van der Waals surface area contributed by atoms with E-state index in [4.69, 9.17) is 9.47 Å². The van der Waals surface area contributed by atoms with Crippen molar-refractivity contribution in [3.63, 3.8) is 0 Å². The van der Waals surface area contributed by atoms with E-state index in [2.05, 4.69) is 0 Å². The van der Waals surface area contributed by atoms with Crippen molar-refractivity contribution >= 4 is 34.7 Å². The summed E-state index contributed by atoms with van der Waals surface area (Å²) < 4.78 is 25.7. The molecule has 0 N–H and O–H groups in total. The summed E-state index contributed by atoms with van der Waals surface area (Å²) in [4.78, 5) is 43.3. The molecule has 3 atom stereocenters. The predicted molar refractivity (Wildman–Crippen MR) is 138 cm³/mol. The second-order valence-electron chi connectivity index (χ2n) is 8.99. The van der Waals surface area contributed by atoms with Crippen molar-refractivity contribution in [2.24, 2.45) is 5.92 Å². The summed E-state index contributed by atoms with van der Waals surface area (Å²) in [6.07, 6.45) is 0.164. The molecule has 0 saturated heterocycles. The molecule has 190 valence electrons. The van der Waals surface area contributed by atoms with Gasteiger partial charge in [0.15, 0.2) is 5.78 Å². The van der Waals surface area contributed by atoms with Crippen LogP contribution < -0.4 is 9.64 Å². The molecule has 2 aromatic carbocycles. The highest BCUT2D eigenvalue weighted by Gasteiger charge is 2.50. The van der Waals surface area contributed by atoms with Crippen molar-refractivity contribution in [2.45, 2.75) is 31.6 Å². The van der Waals surface area contributed by atoms with E-state index in [1.54, 1.807) is 44.4 Å². The van der Waals surface area contributed by atoms with E-state index in [0.29, 0.717) is 17.0 Å². The molecule has 0 unspecified atom stereocenters. The molecular weight excluding hydrogens is 493 g/mol. The number of hydrogen-bond donors (Lipinski definition) is 0. The third-order valence-electron chi connectivity index (χ3n) is 6.96. The Morgan fingerprint density at radius 3 is 2.59 bits per heavy atom. The number of thiophene rings is 1. The van der Waals surface area contributed by atoms with E-state index in [1.807, 2.05) is 23.6 Å². The van der Waals surface area contributed by atoms with Crippen LogP contribution in [0.5, 0.6) is 5.75 Å². The Hall–Kier alpha value is -3.78. The average molecular weight is 520 g/mol. The first-order valence-electron chi connectivity index (χ1n) is 12.1. The minimum Gasteiger partial charge on any atom is -0.497 e. The number of anilines is 1. The molecule has 2 heterocycles. The number of carbonyl (C=O) groups is 3. The van der Waals surface area contributed by atoms with Gasteiger partial charge in [-0.3, -0.25) is 19.3 Å². The average Bonchev–Trinajstić information content (AvgIpc) is 3.44. The molecule has 2 aliphatic rings. The van der Waals surface area contributed by atoms with Crippen molar-refractivity contribution < 1.29 is 28.2 Å². The summed E-state index contributed by atoms with van der Waals surface area (Å²) >= 11 is 1.44. The summed E-state index contributed by atoms with van der Waals surface area (Å²) in [5.74, 6) is -3.45. The number of ether oxygens (including phenoxy) is 2. The molecule has 5 rings (SSSR count). The largest absolute Gasteiger partial charge is 0.497 e. The zero-order chi connectivity index (χ0) is 26.1. The molecule has 6 nitrogen and oxygen atoms in total. The Morgan fingerprint density at radius 2 is 1.89 bits per heavy atom. The molecule has 0 spiro atoms. The number of benzene rings is 2. The van der Waals surface area contributed by atoms with Gasteiger partial charge in [0, 0.05) is 34.4 Å². The van der Waals surface area contributed by atoms with Crippen LogP contribution in [-0.4, -0.2) is 31.4 Å². The maximum atomic E-state index is 15.0. The number of ketones is 1. The number of amides is 1. The van der Waals surface area contributed by atoms with Gasteiger partial charge in [-0.2, -0.15) is 0 Å². The molecule has 0 saturated carbocycles. The van der Waals surface area contributed by atoms with Gasteiger partial charge in [0.05, 0.1) is 19.4 Å². The Bertz CT molecular complexity index is 1380. The molecule has 1 amide bonds. The summed E-state index contributed by atoms with van der Waals surface area (Å²) in [6.45, 7) is 1.85. The third-order valence-corrected chi connectivity index (χ3v) is 7.96. The van der Waals surface area contributed by atoms with Gasteiger partial charge in [-0.05, 0) is 54.6 Å². The van der Waals surface area contributed by atoms with Crippen LogP contribution in [0.15, 0.2) is 77.3 Å². The number of Topliss-reactive ketones (excluding diaryl/α,β-unsaturated/α-hetero) is 1. The predicted octanol–water partition coefficient (Wildman–Crippen LogP) is 5.61. The molecule has 3 aromatic rings. The number of para-hydroxylation sites is 1. The van der Waals surface area contributed by atoms with Gasteiger partial charge in [-0.25, -0.2) is 4.39 Å². The van der Waals surface area contributed by atoms with Crippen LogP contribution in [-0.2, 0) is 19.1 Å². The fraction of sp³-hybridized carbons (Fsp3) is 0.276. The second-order valence-corrected chi connectivity index (χ2v) is 9.97. The number of nitrogens with zero attached hydrogens (tertiary/aromatic N) is 1. The van der Waals surface area contributed by atoms with Gasteiger partial charge in [0.25, 0.3) is 0 Å². The topological polar surface area (TPSA) is 72.9 Å². The molecule has 8 heteroatoms. The molecule has 1 aliphatic carbocycles. The van der Waals surface area contributed by atoms with Crippen molar-refractivity contribution in [2.75, 3.05) is 18.6 Å². The van der Waals surface area contributed by atoms with E-state index < -0.39 is 29.5 Å². The maximum Gasteiger partial charge on any atom is 0.317 e. The number of methoxy groups -OCH3 is 1. The molecule has 1 aromatic heterocycles. The van der Waals surface area contributed by atoms with Crippen LogP contribution in [0.3, 0.4) is 0 Å². The number of carbonyl (C=O) groups excluding carboxylic acids is 3. The highest BCUT2D eigenvalue weighted by atomic mass is 32.1. The molecule has 37 heavy (non-hydrogen) atoms. The first-order chi connectivity index (χ1) is 17.9. The lowest BCUT2D eigenvalue weighted by molar-refractivity contribution is -0.152. The summed E-state index contributed by atoms with van der Waals surface area (Å²) in [5.41, 5.74) is 1.59. The van der Waals surface area contributed by atoms with Crippen LogP contribution in [0.2, 0.25) is 0 Å². The van der Waals surface area contributed by atoms with E-state index in [1.165, 1.54) is 28.4 Å². The van der Waals surface area contributed by atoms with E-state index in [9.17, 15) is 14.4 Å². The lowest BCUT2D eigenvalue weighted by Crippen LogP contribution is -2.46. The normalized spacial score (nSPS) is 21.6. The minimum atomic E-state index is -1.05. The smallest absolute Gasteiger partial charge is 0.317 e. The van der Waals surface area contributed by atoms with Crippen LogP contribution in [0.4, 0.5) is 10.1 Å². The van der Waals surface area contributed by atoms with Crippen LogP contribution >= 0.6 is 11.3 Å². The van der Waals surface area contributed by atoms with E-state index >= 15 is 4.39 Å². The zero-order valence-corrected chi connectivity index (χ0v) is 21.3. The van der Waals surface area contributed by atoms with E-state index in [0.717, 1.165) is 10.4 Å². The quantitative estimate of drug-likeness (QED) is 0.313. The van der Waals surface area contributed by atoms with Gasteiger partial charge < -0.3 is 9.47 Å². The number of rotatable bonds is 6. The summed E-state index contributed by atoms with van der Waals surface area (Å²) in [5, 5.41) is 1.88. The van der Waals surface area contributed by atoms with Crippen LogP contribution in [0, 0.1) is 11.7 Å². The number of hydrogen-bond acceptors (Lipinski definition) is 6. The Labute approximate surface area is 218 Å². The molecular formula is C29H26FNO5S. The summed E-state index contributed by atoms with van der Waals surface area (Å²) in [7, 11) is 1.55. The van der Waals surface area contributed by atoms with Crippen molar-refractivity contribution in [3.05, 3.63) is 93.6 Å². The summed E-state index contributed by atoms with van der Waals surface area (Å²) in [6, 6.07) is 17.0. The monoisotopic (exact) mass is 519 g/mol. The molecule has 0 radical (unpaired) electrons. The Kier molecular flexibility index (Phi) is 6.93. The van der Waals surface area contributed by atoms with Gasteiger partial charge in [-0.1, -0.05) is 30.3 Å². The Morgan fingerprint density at radius 1 is 1.08 bits per heavy atom. The zero-order valence-electron chi connectivity index (χ0n) is 20.5. The SMILES string of the molecule is CCOC(=O)[C@@H]1C(=O)C2=C(C[C@H]1c1cccs1)N(c1ccccc1F)C(=O)C[C@@H]2c1cccc(OC)c1. The fourth-order valence-corrected chi connectivity index (χ4v) is 6.22. The van der Waals surface area contributed by atoms with Gasteiger partial charge in [0.1, 0.15) is 17.5 Å². The lowest BCUT2D eigenvalue weighted by Gasteiger charge is -2.42. The van der Waals surface area contributed by atoms with Crippen LogP contribution in [0.25, 0.3) is 0 Å². The van der Waals surface area contributed by atoms with Crippen molar-refractivity contribution in [1.82, 2.24) is 0 Å². The van der Waals surface area contributed by atoms with Crippen molar-refractivity contribution in [3.8, 4) is 5.75 Å². The second kappa shape index (κ2) is 10.3. The highest BCUT2D eigenvalue weighted by Crippen LogP contribution is 2.50. The third kappa shape index (κ3) is 4.46. The standard InChI is InChI=1S/C29H26FNO5S/c1-3-36-29(34)27-20(24-12-7-13-37-24)15-23-26(28(27)33)19(17-8-6-9-18(14-17)35-2)16-25(32)31(23)22-11-5-4-10-21(22)30/h4-14,19-20,27H,3,15-16H2,1-2H3/t19-,20+,27+/m1/s1. The number of halogens is 1. The number of esters is 1. The molecule has 1 aliphatic heterocycles. The van der Waals surface area contributed by atoms with Gasteiger partial charge in [-0.15, -0.1) is 11.3 Å². The maximum absolute atomic E-state index is 15.0. The van der Waals surface area contributed by atoms with Gasteiger partial charge >= 0.3 is 5.97 Å². The number of allylic oxidation sites excluding steroid dienone is 2. The molecule has 0 fully saturated rings. The lowest BCUT2D eigenvalue weighted by atomic mass is 9.69. The van der Waals surface area contributed by atoms with E-state index in [-0.39, 0.29) is 36.8 Å². The first kappa shape index (κ1) is 24.9. The molecule has 0 bridgehead atoms. The van der Waals surface area contributed by atoms with Gasteiger partial charge in [0.2, 0.25) is 5.91 Å². The highest BCUT2D eigenvalue weighted by molar-refractivity contribution is 7.10.